The highest BCUT2D eigenvalue weighted by Crippen LogP contribution is 2.49. The molecule has 1 saturated carbocycles. The summed E-state index contributed by atoms with van der Waals surface area (Å²) in [6, 6.07) is 8.44. The lowest BCUT2D eigenvalue weighted by molar-refractivity contribution is -0.124. The van der Waals surface area contributed by atoms with Gasteiger partial charge in [0.05, 0.1) is 17.3 Å². The second kappa shape index (κ2) is 7.19. The maximum Gasteiger partial charge on any atom is 0.231 e. The monoisotopic (exact) mass is 406 g/mol. The molecule has 1 saturated heterocycles. The summed E-state index contributed by atoms with van der Waals surface area (Å²) in [5.41, 5.74) is 1.54. The van der Waals surface area contributed by atoms with Crippen LogP contribution in [0.25, 0.3) is 11.3 Å². The van der Waals surface area contributed by atoms with Gasteiger partial charge in [-0.1, -0.05) is 18.2 Å². The maximum atomic E-state index is 14.3. The highest BCUT2D eigenvalue weighted by molar-refractivity contribution is 5.91. The Bertz CT molecular complexity index is 1090. The fourth-order valence-electron chi connectivity index (χ4n) is 4.19. The van der Waals surface area contributed by atoms with Gasteiger partial charge in [-0.15, -0.1) is 0 Å². The molecule has 5 rings (SSSR count). The van der Waals surface area contributed by atoms with Crippen LogP contribution in [-0.4, -0.2) is 44.8 Å². The smallest absolute Gasteiger partial charge is 0.231 e. The third-order valence-electron chi connectivity index (χ3n) is 6.02. The van der Waals surface area contributed by atoms with Gasteiger partial charge in [0, 0.05) is 49.7 Å². The van der Waals surface area contributed by atoms with E-state index in [0.717, 1.165) is 24.2 Å². The van der Waals surface area contributed by atoms with Crippen molar-refractivity contribution >= 4 is 11.9 Å². The molecule has 8 heteroatoms. The molecule has 1 aliphatic carbocycles. The Morgan fingerprint density at radius 1 is 1.27 bits per heavy atom. The molecule has 1 aromatic carbocycles. The molecule has 0 bridgehead atoms. The minimum absolute atomic E-state index is 0.00704. The number of carbonyl (C=O) groups excluding carboxylic acids is 1. The van der Waals surface area contributed by atoms with Crippen LogP contribution in [0.15, 0.2) is 48.9 Å². The van der Waals surface area contributed by atoms with Crippen molar-refractivity contribution in [2.45, 2.75) is 30.7 Å². The Hall–Kier alpha value is -3.29. The Morgan fingerprint density at radius 3 is 2.83 bits per heavy atom. The van der Waals surface area contributed by atoms with E-state index in [0.29, 0.717) is 30.9 Å². The van der Waals surface area contributed by atoms with Crippen molar-refractivity contribution in [3.05, 3.63) is 60.3 Å². The molecule has 0 radical (unpaired) electrons. The standard InChI is InChI=1S/C22H23FN6O/c1-28-13-15(12-25-28)19-6-10-24-21(27-19)29-11-7-16(14-29)26-20(30)22(8-9-22)17-4-2-3-5-18(17)23/h2-6,10,12-13,16H,7-9,11,14H2,1H3,(H,26,30). The van der Waals surface area contributed by atoms with Crippen molar-refractivity contribution in [3.63, 3.8) is 0 Å². The number of aromatic nitrogens is 4. The summed E-state index contributed by atoms with van der Waals surface area (Å²) in [5, 5.41) is 7.33. The topological polar surface area (TPSA) is 75.9 Å². The van der Waals surface area contributed by atoms with Gasteiger partial charge in [-0.05, 0) is 31.4 Å². The third-order valence-corrected chi connectivity index (χ3v) is 6.02. The van der Waals surface area contributed by atoms with Crippen LogP contribution in [0.3, 0.4) is 0 Å². The first-order chi connectivity index (χ1) is 14.5. The van der Waals surface area contributed by atoms with Gasteiger partial charge in [-0.25, -0.2) is 14.4 Å². The third kappa shape index (κ3) is 3.32. The number of aryl methyl sites for hydroxylation is 1. The van der Waals surface area contributed by atoms with Gasteiger partial charge >= 0.3 is 0 Å². The molecule has 0 spiro atoms. The van der Waals surface area contributed by atoms with E-state index in [1.807, 2.05) is 19.3 Å². The lowest BCUT2D eigenvalue weighted by Gasteiger charge is -2.21. The minimum atomic E-state index is -0.713. The second-order valence-corrected chi connectivity index (χ2v) is 8.11. The Morgan fingerprint density at radius 2 is 2.10 bits per heavy atom. The number of hydrogen-bond donors (Lipinski definition) is 1. The largest absolute Gasteiger partial charge is 0.351 e. The molecule has 7 nitrogen and oxygen atoms in total. The zero-order valence-corrected chi connectivity index (χ0v) is 16.8. The second-order valence-electron chi connectivity index (χ2n) is 8.11. The van der Waals surface area contributed by atoms with E-state index < -0.39 is 5.41 Å². The highest BCUT2D eigenvalue weighted by Gasteiger charge is 2.53. The summed E-state index contributed by atoms with van der Waals surface area (Å²) in [7, 11) is 1.87. The molecule has 1 unspecified atom stereocenters. The van der Waals surface area contributed by atoms with Crippen LogP contribution in [0.1, 0.15) is 24.8 Å². The minimum Gasteiger partial charge on any atom is -0.351 e. The first kappa shape index (κ1) is 18.7. The van der Waals surface area contributed by atoms with E-state index in [4.69, 9.17) is 0 Å². The first-order valence-electron chi connectivity index (χ1n) is 10.2. The van der Waals surface area contributed by atoms with Gasteiger partial charge in [0.15, 0.2) is 0 Å². The summed E-state index contributed by atoms with van der Waals surface area (Å²) in [4.78, 5) is 24.1. The van der Waals surface area contributed by atoms with Crippen molar-refractivity contribution in [3.8, 4) is 11.3 Å². The number of rotatable bonds is 5. The molecule has 30 heavy (non-hydrogen) atoms. The van der Waals surface area contributed by atoms with Crippen LogP contribution in [0.4, 0.5) is 10.3 Å². The summed E-state index contributed by atoms with van der Waals surface area (Å²) in [6.45, 7) is 1.39. The zero-order valence-electron chi connectivity index (χ0n) is 16.8. The van der Waals surface area contributed by atoms with E-state index in [2.05, 4.69) is 25.3 Å². The number of carbonyl (C=O) groups is 1. The number of anilines is 1. The summed E-state index contributed by atoms with van der Waals surface area (Å²) >= 11 is 0. The van der Waals surface area contributed by atoms with Crippen LogP contribution >= 0.6 is 0 Å². The predicted octanol–water partition coefficient (Wildman–Crippen LogP) is 2.44. The van der Waals surface area contributed by atoms with Crippen molar-refractivity contribution in [2.24, 2.45) is 7.05 Å². The number of halogens is 1. The van der Waals surface area contributed by atoms with E-state index in [-0.39, 0.29) is 17.8 Å². The maximum absolute atomic E-state index is 14.3. The van der Waals surface area contributed by atoms with E-state index >= 15 is 0 Å². The van der Waals surface area contributed by atoms with Crippen molar-refractivity contribution in [2.75, 3.05) is 18.0 Å². The molecule has 1 aliphatic heterocycles. The van der Waals surface area contributed by atoms with E-state index in [9.17, 15) is 9.18 Å². The molecular formula is C22H23FN6O. The first-order valence-corrected chi connectivity index (χ1v) is 10.2. The van der Waals surface area contributed by atoms with Crippen molar-refractivity contribution in [1.29, 1.82) is 0 Å². The molecule has 154 valence electrons. The van der Waals surface area contributed by atoms with Crippen LogP contribution in [-0.2, 0) is 17.3 Å². The zero-order chi connectivity index (χ0) is 20.7. The van der Waals surface area contributed by atoms with Crippen LogP contribution < -0.4 is 10.2 Å². The lowest BCUT2D eigenvalue weighted by Crippen LogP contribution is -2.43. The van der Waals surface area contributed by atoms with Gasteiger partial charge in [-0.2, -0.15) is 5.10 Å². The van der Waals surface area contributed by atoms with Gasteiger partial charge in [0.2, 0.25) is 11.9 Å². The molecule has 2 aliphatic rings. The average Bonchev–Trinajstić information content (AvgIpc) is 3.22. The fourth-order valence-corrected chi connectivity index (χ4v) is 4.19. The van der Waals surface area contributed by atoms with Crippen molar-refractivity contribution < 1.29 is 9.18 Å². The van der Waals surface area contributed by atoms with E-state index in [1.165, 1.54) is 6.07 Å². The van der Waals surface area contributed by atoms with E-state index in [1.54, 1.807) is 35.3 Å². The fraction of sp³-hybridized carbons (Fsp3) is 0.364. The van der Waals surface area contributed by atoms with Crippen LogP contribution in [0, 0.1) is 5.82 Å². The lowest BCUT2D eigenvalue weighted by atomic mass is 9.94. The quantitative estimate of drug-likeness (QED) is 0.704. The molecular weight excluding hydrogens is 383 g/mol. The summed E-state index contributed by atoms with van der Waals surface area (Å²) in [6.07, 6.45) is 7.61. The Labute approximate surface area is 174 Å². The summed E-state index contributed by atoms with van der Waals surface area (Å²) < 4.78 is 16.0. The summed E-state index contributed by atoms with van der Waals surface area (Å²) in [5.74, 6) is 0.256. The Kier molecular flexibility index (Phi) is 4.49. The van der Waals surface area contributed by atoms with Gasteiger partial charge < -0.3 is 10.2 Å². The number of nitrogens with one attached hydrogen (secondary N) is 1. The highest BCUT2D eigenvalue weighted by atomic mass is 19.1. The number of benzene rings is 1. The molecule has 1 atom stereocenters. The van der Waals surface area contributed by atoms with Gasteiger partial charge in [-0.3, -0.25) is 9.48 Å². The predicted molar refractivity (Wildman–Crippen MR) is 110 cm³/mol. The molecule has 1 amide bonds. The number of hydrogen-bond acceptors (Lipinski definition) is 5. The molecule has 1 N–H and O–H groups in total. The van der Waals surface area contributed by atoms with Gasteiger partial charge in [0.25, 0.3) is 0 Å². The van der Waals surface area contributed by atoms with Crippen LogP contribution in [0.2, 0.25) is 0 Å². The Balaban J connectivity index is 1.27. The number of amides is 1. The van der Waals surface area contributed by atoms with Gasteiger partial charge in [0.1, 0.15) is 5.82 Å². The molecule has 3 aromatic rings. The van der Waals surface area contributed by atoms with Crippen molar-refractivity contribution in [1.82, 2.24) is 25.1 Å². The molecule has 2 aromatic heterocycles. The average molecular weight is 406 g/mol. The number of nitrogens with zero attached hydrogens (tertiary/aromatic N) is 5. The molecule has 3 heterocycles. The SMILES string of the molecule is Cn1cc(-c2ccnc(N3CCC(NC(=O)C4(c5ccccc5F)CC4)C3)n2)cn1. The van der Waals surface area contributed by atoms with Crippen LogP contribution in [0.5, 0.6) is 0 Å². The normalized spacial score (nSPS) is 19.7. The molecule has 2 fully saturated rings.